The number of halogens is 1. The van der Waals surface area contributed by atoms with Gasteiger partial charge in [0.05, 0.1) is 12.2 Å². The van der Waals surface area contributed by atoms with Crippen LogP contribution in [0.5, 0.6) is 0 Å². The minimum atomic E-state index is -0.767. The summed E-state index contributed by atoms with van der Waals surface area (Å²) in [6, 6.07) is 7.98. The van der Waals surface area contributed by atoms with Gasteiger partial charge in [-0.3, -0.25) is 4.79 Å². The van der Waals surface area contributed by atoms with Gasteiger partial charge in [-0.25, -0.2) is 0 Å². The van der Waals surface area contributed by atoms with E-state index in [1.54, 1.807) is 0 Å². The van der Waals surface area contributed by atoms with Gasteiger partial charge in [0.1, 0.15) is 0 Å². The number of benzene rings is 1. The maximum absolute atomic E-state index is 10.6. The first-order valence-electron chi connectivity index (χ1n) is 10.9. The second kappa shape index (κ2) is 12.4. The maximum atomic E-state index is 10.6. The molecule has 2 rings (SSSR count). The average molecular weight is 423 g/mol. The lowest BCUT2D eigenvalue weighted by molar-refractivity contribution is -0.137. The van der Waals surface area contributed by atoms with E-state index < -0.39 is 18.2 Å². The Kier molecular flexibility index (Phi) is 10.2. The third-order valence-electron chi connectivity index (χ3n) is 5.93. The number of rotatable bonds is 12. The summed E-state index contributed by atoms with van der Waals surface area (Å²) in [5.41, 5.74) is 1.99. The van der Waals surface area contributed by atoms with Crippen molar-refractivity contribution in [3.63, 3.8) is 0 Å². The van der Waals surface area contributed by atoms with Crippen LogP contribution in [0.25, 0.3) is 0 Å². The van der Waals surface area contributed by atoms with Gasteiger partial charge in [0.15, 0.2) is 0 Å². The zero-order chi connectivity index (χ0) is 21.2. The summed E-state index contributed by atoms with van der Waals surface area (Å²) in [5.74, 6) is -0.646. The van der Waals surface area contributed by atoms with E-state index in [2.05, 4.69) is 13.0 Å². The Morgan fingerprint density at radius 2 is 1.93 bits per heavy atom. The van der Waals surface area contributed by atoms with Crippen molar-refractivity contribution in [1.29, 1.82) is 0 Å². The molecule has 4 nitrogen and oxygen atoms in total. The molecule has 1 fully saturated rings. The van der Waals surface area contributed by atoms with Gasteiger partial charge in [-0.05, 0) is 49.1 Å². The van der Waals surface area contributed by atoms with E-state index in [1.165, 1.54) is 0 Å². The highest BCUT2D eigenvalue weighted by Crippen LogP contribution is 2.45. The van der Waals surface area contributed by atoms with Crippen LogP contribution in [0.15, 0.2) is 36.4 Å². The van der Waals surface area contributed by atoms with E-state index in [9.17, 15) is 15.0 Å². The quantitative estimate of drug-likeness (QED) is 0.233. The monoisotopic (exact) mass is 422 g/mol. The van der Waals surface area contributed by atoms with Crippen LogP contribution in [-0.4, -0.2) is 32.8 Å². The van der Waals surface area contributed by atoms with Crippen molar-refractivity contribution in [3.05, 3.63) is 47.5 Å². The SMILES string of the molecule is CCCCCC(O)c1ccc([C@H]2[C@@H](O)CC(Cl)[C@@H]2CC=CCCCC(=O)O)cc1. The second-order valence-electron chi connectivity index (χ2n) is 8.18. The predicted molar refractivity (Wildman–Crippen MR) is 117 cm³/mol. The highest BCUT2D eigenvalue weighted by molar-refractivity contribution is 6.21. The van der Waals surface area contributed by atoms with E-state index in [0.29, 0.717) is 12.8 Å². The maximum Gasteiger partial charge on any atom is 0.303 e. The summed E-state index contributed by atoms with van der Waals surface area (Å²) >= 11 is 6.54. The van der Waals surface area contributed by atoms with E-state index in [4.69, 9.17) is 16.7 Å². The summed E-state index contributed by atoms with van der Waals surface area (Å²) < 4.78 is 0. The Balaban J connectivity index is 1.96. The van der Waals surface area contributed by atoms with E-state index in [-0.39, 0.29) is 23.6 Å². The number of allylic oxidation sites excluding steroid dienone is 2. The van der Waals surface area contributed by atoms with Crippen LogP contribution in [0.4, 0.5) is 0 Å². The molecule has 0 amide bonds. The molecular formula is C24H35ClO4. The van der Waals surface area contributed by atoms with Crippen LogP contribution in [0.1, 0.15) is 87.9 Å². The fraction of sp³-hybridized carbons (Fsp3) is 0.625. The van der Waals surface area contributed by atoms with Crippen LogP contribution in [0.2, 0.25) is 0 Å². The fourth-order valence-electron chi connectivity index (χ4n) is 4.26. The third kappa shape index (κ3) is 7.44. The van der Waals surface area contributed by atoms with Gasteiger partial charge in [0.2, 0.25) is 0 Å². The molecule has 0 spiro atoms. The molecule has 2 unspecified atom stereocenters. The van der Waals surface area contributed by atoms with Gasteiger partial charge in [0, 0.05) is 17.7 Å². The van der Waals surface area contributed by atoms with Crippen LogP contribution < -0.4 is 0 Å². The fourth-order valence-corrected chi connectivity index (χ4v) is 4.71. The molecule has 1 aromatic rings. The first-order valence-corrected chi connectivity index (χ1v) is 11.3. The lowest BCUT2D eigenvalue weighted by atomic mass is 9.84. The largest absolute Gasteiger partial charge is 0.481 e. The summed E-state index contributed by atoms with van der Waals surface area (Å²) in [6.07, 6.45) is 10.2. The minimum absolute atomic E-state index is 0.0209. The topological polar surface area (TPSA) is 77.8 Å². The van der Waals surface area contributed by atoms with Crippen molar-refractivity contribution in [2.24, 2.45) is 5.92 Å². The molecule has 5 atom stereocenters. The van der Waals surface area contributed by atoms with Crippen molar-refractivity contribution in [1.82, 2.24) is 0 Å². The second-order valence-corrected chi connectivity index (χ2v) is 8.74. The van der Waals surface area contributed by atoms with Gasteiger partial charge >= 0.3 is 5.97 Å². The van der Waals surface area contributed by atoms with Crippen molar-refractivity contribution in [2.45, 2.75) is 88.2 Å². The van der Waals surface area contributed by atoms with Crippen molar-refractivity contribution in [3.8, 4) is 0 Å². The van der Waals surface area contributed by atoms with Gasteiger partial charge < -0.3 is 15.3 Å². The highest BCUT2D eigenvalue weighted by atomic mass is 35.5. The Labute approximate surface area is 179 Å². The molecule has 0 aromatic heterocycles. The van der Waals surface area contributed by atoms with E-state index >= 15 is 0 Å². The van der Waals surface area contributed by atoms with Crippen molar-refractivity contribution < 1.29 is 20.1 Å². The first-order chi connectivity index (χ1) is 13.9. The Bertz CT molecular complexity index is 643. The number of aliphatic hydroxyl groups is 2. The molecule has 5 heteroatoms. The Hall–Kier alpha value is -1.36. The molecule has 1 aromatic carbocycles. The molecule has 3 N–H and O–H groups in total. The lowest BCUT2D eigenvalue weighted by Crippen LogP contribution is -2.18. The molecule has 0 saturated heterocycles. The molecule has 29 heavy (non-hydrogen) atoms. The number of carboxylic acid groups (broad SMARTS) is 1. The molecule has 0 radical (unpaired) electrons. The number of hydrogen-bond acceptors (Lipinski definition) is 3. The van der Waals surface area contributed by atoms with Gasteiger partial charge in [-0.15, -0.1) is 11.6 Å². The first kappa shape index (κ1) is 23.9. The number of aliphatic carboxylic acids is 1. The number of hydrogen-bond donors (Lipinski definition) is 3. The zero-order valence-electron chi connectivity index (χ0n) is 17.3. The highest BCUT2D eigenvalue weighted by Gasteiger charge is 2.41. The predicted octanol–water partition coefficient (Wildman–Crippen LogP) is 5.57. The van der Waals surface area contributed by atoms with Crippen molar-refractivity contribution in [2.75, 3.05) is 0 Å². The van der Waals surface area contributed by atoms with Gasteiger partial charge in [-0.2, -0.15) is 0 Å². The lowest BCUT2D eigenvalue weighted by Gasteiger charge is -2.23. The van der Waals surface area contributed by atoms with E-state index in [1.807, 2.05) is 30.3 Å². The van der Waals surface area contributed by atoms with Gasteiger partial charge in [0.25, 0.3) is 0 Å². The summed E-state index contributed by atoms with van der Waals surface area (Å²) in [5, 5.41) is 29.5. The number of aliphatic hydroxyl groups excluding tert-OH is 2. The number of carboxylic acids is 1. The average Bonchev–Trinajstić information content (AvgIpc) is 2.97. The standard InChI is InChI=1S/C24H35ClO4/c1-2-3-6-10-21(26)17-12-14-18(15-13-17)24-19(20(25)16-22(24)27)9-7-4-5-8-11-23(28)29/h4,7,12-15,19-22,24,26-27H,2-3,5-6,8-11,16H2,1H3,(H,28,29)/t19-,20?,21?,22-,24+/m0/s1. The summed E-state index contributed by atoms with van der Waals surface area (Å²) in [6.45, 7) is 2.15. The third-order valence-corrected chi connectivity index (χ3v) is 6.43. The molecule has 1 aliphatic rings. The van der Waals surface area contributed by atoms with Crippen LogP contribution >= 0.6 is 11.6 Å². The Morgan fingerprint density at radius 1 is 1.21 bits per heavy atom. The normalized spacial score (nSPS) is 25.5. The molecule has 0 heterocycles. The minimum Gasteiger partial charge on any atom is -0.481 e. The van der Waals surface area contributed by atoms with Crippen LogP contribution in [-0.2, 0) is 4.79 Å². The number of unbranched alkanes of at least 4 members (excludes halogenated alkanes) is 3. The molecule has 0 bridgehead atoms. The molecular weight excluding hydrogens is 388 g/mol. The molecule has 1 saturated carbocycles. The smallest absolute Gasteiger partial charge is 0.303 e. The van der Waals surface area contributed by atoms with E-state index in [0.717, 1.165) is 49.7 Å². The molecule has 162 valence electrons. The van der Waals surface area contributed by atoms with Crippen LogP contribution in [0, 0.1) is 5.92 Å². The number of carbonyl (C=O) groups is 1. The number of alkyl halides is 1. The summed E-state index contributed by atoms with van der Waals surface area (Å²) in [7, 11) is 0. The van der Waals surface area contributed by atoms with Gasteiger partial charge in [-0.1, -0.05) is 62.6 Å². The molecule has 0 aliphatic heterocycles. The molecule has 1 aliphatic carbocycles. The summed E-state index contributed by atoms with van der Waals surface area (Å²) in [4.78, 5) is 10.6. The van der Waals surface area contributed by atoms with Crippen molar-refractivity contribution >= 4 is 17.6 Å². The zero-order valence-corrected chi connectivity index (χ0v) is 18.1. The Morgan fingerprint density at radius 3 is 2.59 bits per heavy atom. The van der Waals surface area contributed by atoms with Crippen LogP contribution in [0.3, 0.4) is 0 Å².